The van der Waals surface area contributed by atoms with Crippen molar-refractivity contribution in [3.63, 3.8) is 0 Å². The molecule has 1 aromatic rings. The molecular weight excluding hydrogens is 366 g/mol. The maximum absolute atomic E-state index is 5.68. The normalized spacial score (nSPS) is 16.7. The molecule has 0 spiro atoms. The molecule has 6 heteroatoms. The first-order chi connectivity index (χ1) is 14.1. The molecule has 2 rings (SSSR count). The number of aliphatic imine (C=N–C) groups is 1. The molecule has 0 unspecified atom stereocenters. The Balaban J connectivity index is 1.88. The van der Waals surface area contributed by atoms with Crippen LogP contribution in [0.5, 0.6) is 5.75 Å². The van der Waals surface area contributed by atoms with Crippen molar-refractivity contribution in [1.82, 2.24) is 10.6 Å². The van der Waals surface area contributed by atoms with E-state index < -0.39 is 0 Å². The molecule has 1 fully saturated rings. The molecule has 1 aromatic carbocycles. The molecule has 1 aliphatic heterocycles. The number of guanidine groups is 1. The number of nitrogens with one attached hydrogen (secondary N) is 2. The summed E-state index contributed by atoms with van der Waals surface area (Å²) in [4.78, 5) is 4.37. The highest BCUT2D eigenvalue weighted by molar-refractivity contribution is 5.79. The molecule has 0 radical (unpaired) electrons. The average Bonchev–Trinajstić information content (AvgIpc) is 2.74. The molecule has 29 heavy (non-hydrogen) atoms. The highest BCUT2D eigenvalue weighted by atomic mass is 16.5. The van der Waals surface area contributed by atoms with Crippen LogP contribution in [0, 0.1) is 5.92 Å². The first-order valence-electron chi connectivity index (χ1n) is 10.9. The first kappa shape index (κ1) is 23.5. The second kappa shape index (κ2) is 12.7. The average molecular weight is 406 g/mol. The molecular formula is C23H39N3O3. The van der Waals surface area contributed by atoms with Crippen molar-refractivity contribution >= 4 is 5.96 Å². The smallest absolute Gasteiger partial charge is 0.191 e. The largest absolute Gasteiger partial charge is 0.494 e. The number of benzene rings is 1. The van der Waals surface area contributed by atoms with Gasteiger partial charge in [-0.1, -0.05) is 26.0 Å². The lowest BCUT2D eigenvalue weighted by Gasteiger charge is -2.38. The molecule has 1 saturated heterocycles. The molecule has 164 valence electrons. The summed E-state index contributed by atoms with van der Waals surface area (Å²) in [5, 5.41) is 6.88. The number of hydrogen-bond acceptors (Lipinski definition) is 4. The summed E-state index contributed by atoms with van der Waals surface area (Å²) in [6.07, 6.45) is 3.08. The summed E-state index contributed by atoms with van der Waals surface area (Å²) in [5.74, 6) is 2.41. The first-order valence-corrected chi connectivity index (χ1v) is 10.9. The highest BCUT2D eigenvalue weighted by Crippen LogP contribution is 2.35. The number of rotatable bonds is 11. The van der Waals surface area contributed by atoms with E-state index >= 15 is 0 Å². The quantitative estimate of drug-likeness (QED) is 0.336. The van der Waals surface area contributed by atoms with E-state index in [-0.39, 0.29) is 5.41 Å². The van der Waals surface area contributed by atoms with Gasteiger partial charge in [-0.15, -0.1) is 0 Å². The van der Waals surface area contributed by atoms with Crippen LogP contribution in [0.2, 0.25) is 0 Å². The van der Waals surface area contributed by atoms with Crippen molar-refractivity contribution in [2.75, 3.05) is 53.2 Å². The van der Waals surface area contributed by atoms with E-state index in [2.05, 4.69) is 53.7 Å². The van der Waals surface area contributed by atoms with Crippen LogP contribution in [0.1, 0.15) is 45.6 Å². The number of hydrogen-bond donors (Lipinski definition) is 2. The third-order valence-electron chi connectivity index (χ3n) is 5.42. The Morgan fingerprint density at radius 3 is 2.48 bits per heavy atom. The van der Waals surface area contributed by atoms with Gasteiger partial charge in [0.25, 0.3) is 0 Å². The van der Waals surface area contributed by atoms with Crippen LogP contribution in [-0.4, -0.2) is 59.1 Å². The minimum atomic E-state index is 0.0361. The Labute approximate surface area is 176 Å². The Morgan fingerprint density at radius 1 is 1.14 bits per heavy atom. The van der Waals surface area contributed by atoms with Crippen LogP contribution in [0.3, 0.4) is 0 Å². The second-order valence-electron chi connectivity index (χ2n) is 8.00. The van der Waals surface area contributed by atoms with E-state index in [0.29, 0.717) is 19.1 Å². The number of ether oxygens (including phenoxy) is 3. The third kappa shape index (κ3) is 7.86. The van der Waals surface area contributed by atoms with Gasteiger partial charge >= 0.3 is 0 Å². The van der Waals surface area contributed by atoms with Gasteiger partial charge in [0.1, 0.15) is 5.75 Å². The predicted molar refractivity (Wildman–Crippen MR) is 119 cm³/mol. The van der Waals surface area contributed by atoms with Gasteiger partial charge in [0.05, 0.1) is 13.2 Å². The Hall–Kier alpha value is -1.79. The van der Waals surface area contributed by atoms with Gasteiger partial charge in [-0.05, 0) is 49.8 Å². The summed E-state index contributed by atoms with van der Waals surface area (Å²) in [5.41, 5.74) is 1.36. The van der Waals surface area contributed by atoms with Gasteiger partial charge in [-0.2, -0.15) is 0 Å². The van der Waals surface area contributed by atoms with Crippen LogP contribution in [0.4, 0.5) is 0 Å². The molecule has 0 atom stereocenters. The van der Waals surface area contributed by atoms with Gasteiger partial charge < -0.3 is 24.8 Å². The van der Waals surface area contributed by atoms with Gasteiger partial charge in [-0.3, -0.25) is 4.99 Å². The third-order valence-corrected chi connectivity index (χ3v) is 5.42. The van der Waals surface area contributed by atoms with E-state index in [9.17, 15) is 0 Å². The van der Waals surface area contributed by atoms with Crippen LogP contribution >= 0.6 is 0 Å². The van der Waals surface area contributed by atoms with Crippen LogP contribution in [0.25, 0.3) is 0 Å². The fraction of sp³-hybridized carbons (Fsp3) is 0.696. The fourth-order valence-electron chi connectivity index (χ4n) is 3.54. The zero-order valence-electron chi connectivity index (χ0n) is 18.6. The summed E-state index contributed by atoms with van der Waals surface area (Å²) < 4.78 is 16.9. The molecule has 1 aliphatic rings. The van der Waals surface area contributed by atoms with Crippen molar-refractivity contribution < 1.29 is 14.2 Å². The fourth-order valence-corrected chi connectivity index (χ4v) is 3.54. The lowest BCUT2D eigenvalue weighted by atomic mass is 9.74. The summed E-state index contributed by atoms with van der Waals surface area (Å²) in [7, 11) is 1.81. The van der Waals surface area contributed by atoms with Crippen LogP contribution in [0.15, 0.2) is 29.3 Å². The van der Waals surface area contributed by atoms with Crippen molar-refractivity contribution in [2.24, 2.45) is 10.9 Å². The standard InChI is InChI=1S/C23H39N3O3/c1-5-29-21-8-6-20(7-9-21)23(11-15-28-16-12-23)18-26-22(24-4)25-13-17-27-14-10-19(2)3/h6-9,19H,5,10-18H2,1-4H3,(H2,24,25,26). The van der Waals surface area contributed by atoms with Gasteiger partial charge in [0.2, 0.25) is 0 Å². The van der Waals surface area contributed by atoms with Crippen LogP contribution in [-0.2, 0) is 14.9 Å². The molecule has 0 bridgehead atoms. The Morgan fingerprint density at radius 2 is 1.86 bits per heavy atom. The summed E-state index contributed by atoms with van der Waals surface area (Å²) in [6.45, 7) is 11.7. The molecule has 0 amide bonds. The van der Waals surface area contributed by atoms with Gasteiger partial charge in [0.15, 0.2) is 5.96 Å². The van der Waals surface area contributed by atoms with Crippen LogP contribution < -0.4 is 15.4 Å². The lowest BCUT2D eigenvalue weighted by molar-refractivity contribution is 0.0513. The summed E-state index contributed by atoms with van der Waals surface area (Å²) in [6, 6.07) is 8.52. The molecule has 6 nitrogen and oxygen atoms in total. The SMILES string of the molecule is CCOc1ccc(C2(CNC(=NC)NCCOCCC(C)C)CCOCC2)cc1. The van der Waals surface area contributed by atoms with Crippen molar-refractivity contribution in [3.05, 3.63) is 29.8 Å². The molecule has 0 aliphatic carbocycles. The topological polar surface area (TPSA) is 64.1 Å². The zero-order valence-corrected chi connectivity index (χ0v) is 18.6. The van der Waals surface area contributed by atoms with Gasteiger partial charge in [0, 0.05) is 45.4 Å². The Bertz CT molecular complexity index is 596. The zero-order chi connectivity index (χ0) is 21.0. The lowest BCUT2D eigenvalue weighted by Crippen LogP contribution is -2.48. The molecule has 0 aromatic heterocycles. The maximum atomic E-state index is 5.68. The predicted octanol–water partition coefficient (Wildman–Crippen LogP) is 3.36. The van der Waals surface area contributed by atoms with E-state index in [1.807, 2.05) is 14.0 Å². The maximum Gasteiger partial charge on any atom is 0.191 e. The van der Waals surface area contributed by atoms with E-state index in [1.54, 1.807) is 0 Å². The minimum Gasteiger partial charge on any atom is -0.494 e. The molecule has 0 saturated carbocycles. The minimum absolute atomic E-state index is 0.0361. The van der Waals surface area contributed by atoms with E-state index in [1.165, 1.54) is 5.56 Å². The summed E-state index contributed by atoms with van der Waals surface area (Å²) >= 11 is 0. The van der Waals surface area contributed by atoms with Crippen molar-refractivity contribution in [3.8, 4) is 5.75 Å². The van der Waals surface area contributed by atoms with Gasteiger partial charge in [-0.25, -0.2) is 0 Å². The molecule has 2 N–H and O–H groups in total. The Kier molecular flexibility index (Phi) is 10.3. The highest BCUT2D eigenvalue weighted by Gasteiger charge is 2.34. The van der Waals surface area contributed by atoms with Crippen molar-refractivity contribution in [1.29, 1.82) is 0 Å². The van der Waals surface area contributed by atoms with E-state index in [4.69, 9.17) is 14.2 Å². The molecule has 1 heterocycles. The number of nitrogens with zero attached hydrogens (tertiary/aromatic N) is 1. The second-order valence-corrected chi connectivity index (χ2v) is 8.00. The van der Waals surface area contributed by atoms with Crippen molar-refractivity contribution in [2.45, 2.75) is 45.4 Å². The monoisotopic (exact) mass is 405 g/mol. The van der Waals surface area contributed by atoms with E-state index in [0.717, 1.165) is 63.9 Å².